The van der Waals surface area contributed by atoms with Crippen LogP contribution in [0.25, 0.3) is 0 Å². The standard InChI is InChI=1S/C16H27F3N4OS.HI/c1-6-20-14(22-9-12(24-5)15(2,3)4)21-8-7-13-23-11(10-25-13)16(17,18)19;/h10,12H,6-9H2,1-5H3,(H2,20,21,22);1H. The van der Waals surface area contributed by atoms with Crippen LogP contribution in [0.4, 0.5) is 13.2 Å². The minimum Gasteiger partial charge on any atom is -0.379 e. The van der Waals surface area contributed by atoms with Gasteiger partial charge in [0, 0.05) is 32.0 Å². The first-order chi connectivity index (χ1) is 11.6. The van der Waals surface area contributed by atoms with Gasteiger partial charge in [-0.3, -0.25) is 4.99 Å². The van der Waals surface area contributed by atoms with Crippen LogP contribution in [-0.2, 0) is 17.3 Å². The van der Waals surface area contributed by atoms with E-state index < -0.39 is 11.9 Å². The number of alkyl halides is 3. The highest BCUT2D eigenvalue weighted by Gasteiger charge is 2.33. The zero-order valence-electron chi connectivity index (χ0n) is 15.7. The largest absolute Gasteiger partial charge is 0.434 e. The van der Waals surface area contributed by atoms with Gasteiger partial charge in [0.2, 0.25) is 0 Å². The molecule has 2 N–H and O–H groups in total. The molecule has 0 radical (unpaired) electrons. The smallest absolute Gasteiger partial charge is 0.379 e. The maximum atomic E-state index is 12.5. The van der Waals surface area contributed by atoms with Crippen LogP contribution in [0.1, 0.15) is 38.4 Å². The van der Waals surface area contributed by atoms with Gasteiger partial charge in [-0.2, -0.15) is 13.2 Å². The van der Waals surface area contributed by atoms with Crippen molar-refractivity contribution in [2.24, 2.45) is 10.4 Å². The molecule has 0 spiro atoms. The summed E-state index contributed by atoms with van der Waals surface area (Å²) in [6.45, 7) is 9.82. The minimum atomic E-state index is -4.39. The molecule has 26 heavy (non-hydrogen) atoms. The molecule has 0 amide bonds. The zero-order valence-corrected chi connectivity index (χ0v) is 18.9. The summed E-state index contributed by atoms with van der Waals surface area (Å²) in [5, 5.41) is 7.72. The number of rotatable bonds is 7. The second kappa shape index (κ2) is 11.3. The molecule has 5 nitrogen and oxygen atoms in total. The molecule has 1 unspecified atom stereocenters. The molecule has 0 aliphatic rings. The number of ether oxygens (including phenoxy) is 1. The van der Waals surface area contributed by atoms with Crippen molar-refractivity contribution in [3.63, 3.8) is 0 Å². The number of aliphatic imine (C=N–C) groups is 1. The Morgan fingerprint density at radius 1 is 1.31 bits per heavy atom. The molecule has 0 aromatic carbocycles. The quantitative estimate of drug-likeness (QED) is 0.333. The molecule has 0 aliphatic heterocycles. The Morgan fingerprint density at radius 2 is 1.96 bits per heavy atom. The van der Waals surface area contributed by atoms with E-state index >= 15 is 0 Å². The molecule has 0 aliphatic carbocycles. The third kappa shape index (κ3) is 8.85. The van der Waals surface area contributed by atoms with E-state index in [0.717, 1.165) is 16.7 Å². The molecular formula is C16H28F3IN4OS. The first-order valence-electron chi connectivity index (χ1n) is 8.14. The normalized spacial score (nSPS) is 13.9. The highest BCUT2D eigenvalue weighted by atomic mass is 127. The lowest BCUT2D eigenvalue weighted by Gasteiger charge is -2.28. The van der Waals surface area contributed by atoms with E-state index in [0.29, 0.717) is 37.0 Å². The molecule has 0 saturated carbocycles. The second-order valence-electron chi connectivity index (χ2n) is 6.61. The van der Waals surface area contributed by atoms with Crippen LogP contribution < -0.4 is 10.6 Å². The first kappa shape index (κ1) is 25.4. The van der Waals surface area contributed by atoms with E-state index in [1.54, 1.807) is 7.11 Å². The van der Waals surface area contributed by atoms with Gasteiger partial charge in [-0.1, -0.05) is 20.8 Å². The highest BCUT2D eigenvalue weighted by molar-refractivity contribution is 14.0. The number of hydrogen-bond donors (Lipinski definition) is 2. The van der Waals surface area contributed by atoms with Crippen molar-refractivity contribution in [2.75, 3.05) is 26.7 Å². The summed E-state index contributed by atoms with van der Waals surface area (Å²) >= 11 is 1.02. The Hall–Kier alpha value is -0.620. The van der Waals surface area contributed by atoms with Crippen LogP contribution in [0.5, 0.6) is 0 Å². The minimum absolute atomic E-state index is 0. The number of nitrogens with zero attached hydrogens (tertiary/aromatic N) is 2. The Bertz CT molecular complexity index is 558. The monoisotopic (exact) mass is 508 g/mol. The van der Waals surface area contributed by atoms with Crippen molar-refractivity contribution in [3.8, 4) is 0 Å². The average Bonchev–Trinajstić information content (AvgIpc) is 2.95. The summed E-state index contributed by atoms with van der Waals surface area (Å²) in [7, 11) is 1.66. The van der Waals surface area contributed by atoms with Crippen LogP contribution in [0.2, 0.25) is 0 Å². The van der Waals surface area contributed by atoms with E-state index in [1.807, 2.05) is 6.92 Å². The fourth-order valence-electron chi connectivity index (χ4n) is 2.06. The number of aromatic nitrogens is 1. The fourth-order valence-corrected chi connectivity index (χ4v) is 2.87. The van der Waals surface area contributed by atoms with Crippen molar-refractivity contribution in [1.29, 1.82) is 0 Å². The fraction of sp³-hybridized carbons (Fsp3) is 0.750. The van der Waals surface area contributed by atoms with Crippen LogP contribution in [-0.4, -0.2) is 43.8 Å². The Labute approximate surface area is 174 Å². The van der Waals surface area contributed by atoms with Crippen LogP contribution in [0.3, 0.4) is 0 Å². The third-order valence-corrected chi connectivity index (χ3v) is 4.39. The van der Waals surface area contributed by atoms with Gasteiger partial charge in [-0.15, -0.1) is 35.3 Å². The lowest BCUT2D eigenvalue weighted by Crippen LogP contribution is -2.40. The predicted molar refractivity (Wildman–Crippen MR) is 110 cm³/mol. The van der Waals surface area contributed by atoms with Gasteiger partial charge < -0.3 is 15.4 Å². The predicted octanol–water partition coefficient (Wildman–Crippen LogP) is 3.94. The molecular weight excluding hydrogens is 480 g/mol. The van der Waals surface area contributed by atoms with Gasteiger partial charge in [-0.25, -0.2) is 4.98 Å². The Kier molecular flexibility index (Phi) is 11.0. The highest BCUT2D eigenvalue weighted by Crippen LogP contribution is 2.30. The van der Waals surface area contributed by atoms with Gasteiger partial charge >= 0.3 is 6.18 Å². The van der Waals surface area contributed by atoms with Crippen molar-refractivity contribution in [3.05, 3.63) is 16.1 Å². The summed E-state index contributed by atoms with van der Waals surface area (Å²) < 4.78 is 43.1. The molecule has 1 aromatic heterocycles. The van der Waals surface area contributed by atoms with Crippen LogP contribution >= 0.6 is 35.3 Å². The van der Waals surface area contributed by atoms with Gasteiger partial charge in [0.25, 0.3) is 0 Å². The number of hydrogen-bond acceptors (Lipinski definition) is 4. The molecule has 1 rings (SSSR count). The van der Waals surface area contributed by atoms with Gasteiger partial charge in [0.15, 0.2) is 11.7 Å². The van der Waals surface area contributed by atoms with Crippen LogP contribution in [0, 0.1) is 5.41 Å². The molecule has 152 valence electrons. The molecule has 0 saturated heterocycles. The molecule has 10 heteroatoms. The van der Waals surface area contributed by atoms with Crippen molar-refractivity contribution < 1.29 is 17.9 Å². The Morgan fingerprint density at radius 3 is 2.42 bits per heavy atom. The molecule has 1 atom stereocenters. The molecule has 0 fully saturated rings. The maximum Gasteiger partial charge on any atom is 0.434 e. The van der Waals surface area contributed by atoms with Crippen molar-refractivity contribution in [1.82, 2.24) is 15.6 Å². The average molecular weight is 508 g/mol. The first-order valence-corrected chi connectivity index (χ1v) is 9.02. The second-order valence-corrected chi connectivity index (χ2v) is 7.55. The van der Waals surface area contributed by atoms with Gasteiger partial charge in [-0.05, 0) is 12.3 Å². The lowest BCUT2D eigenvalue weighted by atomic mass is 9.89. The third-order valence-electron chi connectivity index (χ3n) is 3.48. The van der Waals surface area contributed by atoms with E-state index in [-0.39, 0.29) is 35.5 Å². The Balaban J connectivity index is 0.00000625. The number of methoxy groups -OCH3 is 1. The maximum absolute atomic E-state index is 12.5. The van der Waals surface area contributed by atoms with E-state index in [2.05, 4.69) is 41.4 Å². The van der Waals surface area contributed by atoms with Crippen molar-refractivity contribution in [2.45, 2.75) is 46.4 Å². The SMILES string of the molecule is CCNC(=NCC(OC)C(C)(C)C)NCCc1nc(C(F)(F)F)cs1.I. The summed E-state index contributed by atoms with van der Waals surface area (Å²) in [5.41, 5.74) is -0.869. The summed E-state index contributed by atoms with van der Waals surface area (Å²) in [5.74, 6) is 0.612. The van der Waals surface area contributed by atoms with Gasteiger partial charge in [0.05, 0.1) is 17.7 Å². The van der Waals surface area contributed by atoms with Crippen LogP contribution in [0.15, 0.2) is 10.4 Å². The number of halogens is 4. The summed E-state index contributed by atoms with van der Waals surface area (Å²) in [6, 6.07) is 0. The number of guanidine groups is 1. The molecule has 1 heterocycles. The molecule has 1 aromatic rings. The topological polar surface area (TPSA) is 58.5 Å². The molecule has 0 bridgehead atoms. The van der Waals surface area contributed by atoms with Crippen molar-refractivity contribution >= 4 is 41.3 Å². The number of nitrogens with one attached hydrogen (secondary N) is 2. The number of thiazole rings is 1. The summed E-state index contributed by atoms with van der Waals surface area (Å²) in [6.07, 6.45) is -4.02. The zero-order chi connectivity index (χ0) is 19.1. The summed E-state index contributed by atoms with van der Waals surface area (Å²) in [4.78, 5) is 8.12. The van der Waals surface area contributed by atoms with Gasteiger partial charge in [0.1, 0.15) is 0 Å². The van der Waals surface area contributed by atoms with E-state index in [4.69, 9.17) is 4.74 Å². The van der Waals surface area contributed by atoms with E-state index in [9.17, 15) is 13.2 Å². The lowest BCUT2D eigenvalue weighted by molar-refractivity contribution is -0.140. The van der Waals surface area contributed by atoms with E-state index in [1.165, 1.54) is 0 Å².